The Morgan fingerprint density at radius 3 is 2.63 bits per heavy atom. The van der Waals surface area contributed by atoms with Crippen molar-refractivity contribution in [1.29, 1.82) is 0 Å². The third-order valence-corrected chi connectivity index (χ3v) is 5.06. The fourth-order valence-corrected chi connectivity index (χ4v) is 3.77. The molecule has 7 nitrogen and oxygen atoms in total. The van der Waals surface area contributed by atoms with Gasteiger partial charge < -0.3 is 15.2 Å². The third-order valence-electron chi connectivity index (χ3n) is 5.06. The summed E-state index contributed by atoms with van der Waals surface area (Å²) in [6.07, 6.45) is 1.89. The lowest BCUT2D eigenvalue weighted by molar-refractivity contribution is 0.0866. The SMILES string of the molecule is CC(C)N(CCc1cn(C(=O)C2COC(=O)N2)c2cccc(O)c12)C(C)C. The number of hydrogen-bond acceptors (Lipinski definition) is 5. The number of carbonyl (C=O) groups excluding carboxylic acids is 2. The average molecular weight is 373 g/mol. The quantitative estimate of drug-likeness (QED) is 0.813. The number of phenolic OH excluding ortho intramolecular Hbond substituents is 1. The highest BCUT2D eigenvalue weighted by Crippen LogP contribution is 2.31. The van der Waals surface area contributed by atoms with Gasteiger partial charge in [0.05, 0.1) is 5.52 Å². The summed E-state index contributed by atoms with van der Waals surface area (Å²) in [6.45, 7) is 9.47. The summed E-state index contributed by atoms with van der Waals surface area (Å²) < 4.78 is 6.36. The lowest BCUT2D eigenvalue weighted by Crippen LogP contribution is -2.38. The van der Waals surface area contributed by atoms with E-state index in [-0.39, 0.29) is 18.3 Å². The van der Waals surface area contributed by atoms with E-state index >= 15 is 0 Å². The molecule has 2 aromatic rings. The summed E-state index contributed by atoms with van der Waals surface area (Å²) in [4.78, 5) is 26.5. The zero-order valence-corrected chi connectivity index (χ0v) is 16.2. The lowest BCUT2D eigenvalue weighted by atomic mass is 10.1. The molecular formula is C20H27N3O4. The molecule has 1 atom stereocenters. The first kappa shape index (κ1) is 19.2. The van der Waals surface area contributed by atoms with Crippen LogP contribution in [0.15, 0.2) is 24.4 Å². The number of nitrogens with one attached hydrogen (secondary N) is 1. The average Bonchev–Trinajstić information content (AvgIpc) is 3.19. The van der Waals surface area contributed by atoms with Crippen molar-refractivity contribution in [3.8, 4) is 5.75 Å². The van der Waals surface area contributed by atoms with Crippen molar-refractivity contribution in [2.24, 2.45) is 0 Å². The van der Waals surface area contributed by atoms with Crippen LogP contribution in [0, 0.1) is 0 Å². The maximum absolute atomic E-state index is 12.9. The fraction of sp³-hybridized carbons (Fsp3) is 0.500. The summed E-state index contributed by atoms with van der Waals surface area (Å²) in [7, 11) is 0. The minimum absolute atomic E-state index is 0.0139. The molecule has 3 rings (SSSR count). The molecule has 1 aromatic carbocycles. The van der Waals surface area contributed by atoms with Gasteiger partial charge in [0.2, 0.25) is 0 Å². The molecule has 1 unspecified atom stereocenters. The number of benzene rings is 1. The molecule has 1 fully saturated rings. The molecule has 0 aliphatic carbocycles. The Bertz CT molecular complexity index is 848. The molecule has 1 aliphatic heterocycles. The van der Waals surface area contributed by atoms with Crippen molar-refractivity contribution < 1.29 is 19.4 Å². The molecule has 0 bridgehead atoms. The smallest absolute Gasteiger partial charge is 0.407 e. The molecule has 1 aliphatic rings. The van der Waals surface area contributed by atoms with Crippen LogP contribution in [0.1, 0.15) is 38.1 Å². The van der Waals surface area contributed by atoms with Gasteiger partial charge in [-0.2, -0.15) is 0 Å². The van der Waals surface area contributed by atoms with Gasteiger partial charge in [0.15, 0.2) is 0 Å². The van der Waals surface area contributed by atoms with Crippen LogP contribution < -0.4 is 5.32 Å². The van der Waals surface area contributed by atoms with Gasteiger partial charge in [-0.3, -0.25) is 14.3 Å². The number of aromatic hydroxyl groups is 1. The number of rotatable bonds is 6. The Hall–Kier alpha value is -2.54. The number of aromatic nitrogens is 1. The largest absolute Gasteiger partial charge is 0.507 e. The molecule has 2 heterocycles. The number of hydrogen-bond donors (Lipinski definition) is 2. The fourth-order valence-electron chi connectivity index (χ4n) is 3.77. The topological polar surface area (TPSA) is 83.8 Å². The van der Waals surface area contributed by atoms with Crippen LogP contribution in [-0.2, 0) is 11.2 Å². The monoisotopic (exact) mass is 373 g/mol. The summed E-state index contributed by atoms with van der Waals surface area (Å²) in [5.74, 6) is -0.117. The van der Waals surface area contributed by atoms with Crippen LogP contribution in [0.4, 0.5) is 4.79 Å². The molecule has 1 aromatic heterocycles. The predicted octanol–water partition coefficient (Wildman–Crippen LogP) is 2.76. The molecule has 0 saturated carbocycles. The first-order valence-corrected chi connectivity index (χ1v) is 9.34. The van der Waals surface area contributed by atoms with Crippen LogP contribution in [0.2, 0.25) is 0 Å². The summed E-state index contributed by atoms with van der Waals surface area (Å²) in [5, 5.41) is 13.6. The van der Waals surface area contributed by atoms with Crippen LogP contribution in [0.5, 0.6) is 5.75 Å². The van der Waals surface area contributed by atoms with Gasteiger partial charge in [-0.05, 0) is 51.8 Å². The molecule has 1 amide bonds. The zero-order chi connectivity index (χ0) is 19.7. The van der Waals surface area contributed by atoms with Gasteiger partial charge in [0, 0.05) is 30.2 Å². The molecule has 146 valence electrons. The van der Waals surface area contributed by atoms with E-state index in [2.05, 4.69) is 37.9 Å². The van der Waals surface area contributed by atoms with Crippen LogP contribution in [0.3, 0.4) is 0 Å². The molecule has 2 N–H and O–H groups in total. The van der Waals surface area contributed by atoms with Crippen LogP contribution in [-0.4, -0.2) is 57.9 Å². The summed E-state index contributed by atoms with van der Waals surface area (Å²) in [5.41, 5.74) is 1.55. The first-order valence-electron chi connectivity index (χ1n) is 9.34. The normalized spacial score (nSPS) is 17.1. The van der Waals surface area contributed by atoms with E-state index in [0.717, 1.165) is 12.1 Å². The van der Waals surface area contributed by atoms with E-state index in [1.807, 2.05) is 0 Å². The number of cyclic esters (lactones) is 1. The minimum atomic E-state index is -0.717. The maximum Gasteiger partial charge on any atom is 0.407 e. The Kier molecular flexibility index (Phi) is 5.41. The highest BCUT2D eigenvalue weighted by molar-refractivity contribution is 6.00. The Balaban J connectivity index is 1.94. The van der Waals surface area contributed by atoms with Gasteiger partial charge in [0.1, 0.15) is 18.4 Å². The van der Waals surface area contributed by atoms with Crippen molar-refractivity contribution in [1.82, 2.24) is 14.8 Å². The van der Waals surface area contributed by atoms with Gasteiger partial charge in [-0.1, -0.05) is 6.07 Å². The van der Waals surface area contributed by atoms with Gasteiger partial charge in [0.25, 0.3) is 5.91 Å². The lowest BCUT2D eigenvalue weighted by Gasteiger charge is -2.30. The van der Waals surface area contributed by atoms with E-state index in [4.69, 9.17) is 4.74 Å². The van der Waals surface area contributed by atoms with E-state index in [1.54, 1.807) is 24.4 Å². The zero-order valence-electron chi connectivity index (χ0n) is 16.2. The number of amides is 1. The van der Waals surface area contributed by atoms with Crippen LogP contribution >= 0.6 is 0 Å². The van der Waals surface area contributed by atoms with Crippen molar-refractivity contribution in [2.75, 3.05) is 13.2 Å². The maximum atomic E-state index is 12.9. The van der Waals surface area contributed by atoms with Crippen molar-refractivity contribution >= 4 is 22.9 Å². The number of alkyl carbamates (subject to hydrolysis) is 1. The molecule has 0 spiro atoms. The molecule has 27 heavy (non-hydrogen) atoms. The van der Waals surface area contributed by atoms with Gasteiger partial charge in [-0.25, -0.2) is 4.79 Å². The second-order valence-electron chi connectivity index (χ2n) is 7.50. The number of phenols is 1. The Morgan fingerprint density at radius 1 is 1.33 bits per heavy atom. The number of fused-ring (bicyclic) bond motifs is 1. The van der Waals surface area contributed by atoms with Crippen molar-refractivity contribution in [3.05, 3.63) is 30.0 Å². The second-order valence-corrected chi connectivity index (χ2v) is 7.50. The van der Waals surface area contributed by atoms with E-state index in [0.29, 0.717) is 29.4 Å². The standard InChI is InChI=1S/C20H27N3O4/c1-12(2)22(13(3)4)9-8-14-10-23(16-6-5-7-17(24)18(14)16)19(25)15-11-27-20(26)21-15/h5-7,10,12-13,15,24H,8-9,11H2,1-4H3,(H,21,26). The number of ether oxygens (including phenoxy) is 1. The summed E-state index contributed by atoms with van der Waals surface area (Å²) in [6, 6.07) is 5.23. The van der Waals surface area contributed by atoms with Crippen LogP contribution in [0.25, 0.3) is 10.9 Å². The second kappa shape index (κ2) is 7.60. The van der Waals surface area contributed by atoms with Gasteiger partial charge >= 0.3 is 6.09 Å². The Morgan fingerprint density at radius 2 is 2.04 bits per heavy atom. The van der Waals surface area contributed by atoms with Crippen molar-refractivity contribution in [3.63, 3.8) is 0 Å². The van der Waals surface area contributed by atoms with E-state index < -0.39 is 12.1 Å². The minimum Gasteiger partial charge on any atom is -0.507 e. The number of carbonyl (C=O) groups is 2. The third kappa shape index (κ3) is 3.78. The van der Waals surface area contributed by atoms with Crippen molar-refractivity contribution in [2.45, 2.75) is 52.2 Å². The summed E-state index contributed by atoms with van der Waals surface area (Å²) >= 11 is 0. The number of nitrogens with zero attached hydrogens (tertiary/aromatic N) is 2. The highest BCUT2D eigenvalue weighted by Gasteiger charge is 2.31. The van der Waals surface area contributed by atoms with E-state index in [9.17, 15) is 14.7 Å². The Labute approximate surface area is 158 Å². The molecular weight excluding hydrogens is 346 g/mol. The predicted molar refractivity (Wildman–Crippen MR) is 103 cm³/mol. The van der Waals surface area contributed by atoms with Gasteiger partial charge in [-0.15, -0.1) is 0 Å². The molecule has 1 saturated heterocycles. The molecule has 7 heteroatoms. The molecule has 0 radical (unpaired) electrons. The van der Waals surface area contributed by atoms with E-state index in [1.165, 1.54) is 4.57 Å². The highest BCUT2D eigenvalue weighted by atomic mass is 16.6. The first-order chi connectivity index (χ1) is 12.8.